The maximum absolute atomic E-state index is 11.3. The molecule has 0 aliphatic carbocycles. The Morgan fingerprint density at radius 2 is 2.25 bits per heavy atom. The fourth-order valence-corrected chi connectivity index (χ4v) is 1.99. The van der Waals surface area contributed by atoms with Crippen molar-refractivity contribution in [3.8, 4) is 0 Å². The first-order chi connectivity index (χ1) is 7.66. The van der Waals surface area contributed by atoms with E-state index < -0.39 is 0 Å². The van der Waals surface area contributed by atoms with Gasteiger partial charge in [0, 0.05) is 6.04 Å². The Hall–Kier alpha value is -1.07. The zero-order valence-electron chi connectivity index (χ0n) is 9.16. The molecule has 0 radical (unpaired) electrons. The molecule has 1 aromatic heterocycles. The van der Waals surface area contributed by atoms with Gasteiger partial charge in [-0.05, 0) is 33.0 Å². The van der Waals surface area contributed by atoms with E-state index in [0.29, 0.717) is 11.9 Å². The van der Waals surface area contributed by atoms with Crippen molar-refractivity contribution in [1.82, 2.24) is 14.9 Å². The van der Waals surface area contributed by atoms with Crippen LogP contribution in [0.1, 0.15) is 12.8 Å². The van der Waals surface area contributed by atoms with Gasteiger partial charge in [0.2, 0.25) is 0 Å². The first-order valence-electron chi connectivity index (χ1n) is 5.35. The largest absolute Gasteiger partial charge is 0.366 e. The second-order valence-corrected chi connectivity index (χ2v) is 4.49. The standard InChI is InChI=1S/C10H15ClN4O/c1-15-4-2-7(3-5-15)14-9-8(11)10(16)13-6-12-9/h6-7H,2-5H2,1H3,(H2,12,13,14,16). The molecule has 1 fully saturated rings. The van der Waals surface area contributed by atoms with E-state index in [0.717, 1.165) is 25.9 Å². The topological polar surface area (TPSA) is 61.0 Å². The van der Waals surface area contributed by atoms with Gasteiger partial charge in [-0.1, -0.05) is 11.6 Å². The Labute approximate surface area is 98.8 Å². The molecule has 1 aromatic rings. The monoisotopic (exact) mass is 242 g/mol. The van der Waals surface area contributed by atoms with Gasteiger partial charge in [-0.3, -0.25) is 4.79 Å². The van der Waals surface area contributed by atoms with E-state index in [2.05, 4.69) is 27.2 Å². The van der Waals surface area contributed by atoms with Crippen LogP contribution in [-0.4, -0.2) is 41.0 Å². The zero-order valence-corrected chi connectivity index (χ0v) is 9.92. The van der Waals surface area contributed by atoms with Crippen LogP contribution in [0.4, 0.5) is 5.82 Å². The van der Waals surface area contributed by atoms with E-state index in [4.69, 9.17) is 11.6 Å². The van der Waals surface area contributed by atoms with Gasteiger partial charge in [-0.2, -0.15) is 0 Å². The summed E-state index contributed by atoms with van der Waals surface area (Å²) in [6, 6.07) is 0.350. The minimum atomic E-state index is -0.299. The lowest BCUT2D eigenvalue weighted by atomic mass is 10.1. The van der Waals surface area contributed by atoms with Crippen LogP contribution in [-0.2, 0) is 0 Å². The number of likely N-dealkylation sites (tertiary alicyclic amines) is 1. The molecule has 0 amide bonds. The summed E-state index contributed by atoms with van der Waals surface area (Å²) >= 11 is 5.86. The van der Waals surface area contributed by atoms with Crippen molar-refractivity contribution in [2.45, 2.75) is 18.9 Å². The minimum Gasteiger partial charge on any atom is -0.366 e. The summed E-state index contributed by atoms with van der Waals surface area (Å²) in [6.07, 6.45) is 3.45. The molecule has 2 heterocycles. The highest BCUT2D eigenvalue weighted by molar-refractivity contribution is 6.32. The fourth-order valence-electron chi connectivity index (χ4n) is 1.83. The molecule has 0 spiro atoms. The Kier molecular flexibility index (Phi) is 3.46. The van der Waals surface area contributed by atoms with E-state index in [1.807, 2.05) is 0 Å². The number of anilines is 1. The highest BCUT2D eigenvalue weighted by Crippen LogP contribution is 2.18. The smallest absolute Gasteiger partial charge is 0.271 e. The molecular weight excluding hydrogens is 228 g/mol. The Morgan fingerprint density at radius 3 is 2.94 bits per heavy atom. The number of aromatic nitrogens is 2. The molecule has 0 bridgehead atoms. The fraction of sp³-hybridized carbons (Fsp3) is 0.600. The lowest BCUT2D eigenvalue weighted by Crippen LogP contribution is -2.37. The lowest BCUT2D eigenvalue weighted by molar-refractivity contribution is 0.263. The van der Waals surface area contributed by atoms with Crippen molar-refractivity contribution in [3.05, 3.63) is 21.7 Å². The molecule has 0 atom stereocenters. The number of rotatable bonds is 2. The van der Waals surface area contributed by atoms with Crippen LogP contribution in [0.15, 0.2) is 11.1 Å². The van der Waals surface area contributed by atoms with Gasteiger partial charge in [0.05, 0.1) is 6.33 Å². The van der Waals surface area contributed by atoms with Gasteiger partial charge in [-0.15, -0.1) is 0 Å². The Bertz CT molecular complexity index is 412. The van der Waals surface area contributed by atoms with Crippen molar-refractivity contribution in [3.63, 3.8) is 0 Å². The van der Waals surface area contributed by atoms with Crippen LogP contribution in [0.25, 0.3) is 0 Å². The minimum absolute atomic E-state index is 0.140. The number of aromatic amines is 1. The molecule has 0 aromatic carbocycles. The molecule has 5 nitrogen and oxygen atoms in total. The van der Waals surface area contributed by atoms with Crippen LogP contribution in [0.5, 0.6) is 0 Å². The van der Waals surface area contributed by atoms with Crippen LogP contribution >= 0.6 is 11.6 Å². The van der Waals surface area contributed by atoms with Crippen molar-refractivity contribution in [2.24, 2.45) is 0 Å². The molecular formula is C10H15ClN4O. The first kappa shape index (κ1) is 11.4. The SMILES string of the molecule is CN1CCC(Nc2nc[nH]c(=O)c2Cl)CC1. The summed E-state index contributed by atoms with van der Waals surface area (Å²) in [4.78, 5) is 20.0. The number of halogens is 1. The third kappa shape index (κ3) is 2.54. The molecule has 2 rings (SSSR count). The number of piperidine rings is 1. The van der Waals surface area contributed by atoms with E-state index in [-0.39, 0.29) is 10.6 Å². The van der Waals surface area contributed by atoms with Crippen LogP contribution in [0.3, 0.4) is 0 Å². The highest BCUT2D eigenvalue weighted by Gasteiger charge is 2.18. The van der Waals surface area contributed by atoms with E-state index in [1.54, 1.807) is 0 Å². The van der Waals surface area contributed by atoms with Crippen molar-refractivity contribution < 1.29 is 0 Å². The van der Waals surface area contributed by atoms with E-state index in [1.165, 1.54) is 6.33 Å². The quantitative estimate of drug-likeness (QED) is 0.810. The number of nitrogens with zero attached hydrogens (tertiary/aromatic N) is 2. The number of hydrogen-bond acceptors (Lipinski definition) is 4. The normalized spacial score (nSPS) is 18.6. The summed E-state index contributed by atoms with van der Waals surface area (Å²) in [5.41, 5.74) is -0.299. The first-order valence-corrected chi connectivity index (χ1v) is 5.73. The predicted octanol–water partition coefficient (Wildman–Crippen LogP) is 0.929. The summed E-state index contributed by atoms with van der Waals surface area (Å²) in [7, 11) is 2.11. The van der Waals surface area contributed by atoms with Crippen molar-refractivity contribution in [2.75, 3.05) is 25.5 Å². The third-order valence-electron chi connectivity index (χ3n) is 2.86. The highest BCUT2D eigenvalue weighted by atomic mass is 35.5. The van der Waals surface area contributed by atoms with Crippen LogP contribution in [0.2, 0.25) is 5.02 Å². The summed E-state index contributed by atoms with van der Waals surface area (Å²) in [5.74, 6) is 0.486. The zero-order chi connectivity index (χ0) is 11.5. The lowest BCUT2D eigenvalue weighted by Gasteiger charge is -2.29. The van der Waals surface area contributed by atoms with Crippen molar-refractivity contribution >= 4 is 17.4 Å². The molecule has 1 aliphatic rings. The Balaban J connectivity index is 2.04. The average Bonchev–Trinajstić information content (AvgIpc) is 2.28. The maximum Gasteiger partial charge on any atom is 0.271 e. The average molecular weight is 243 g/mol. The van der Waals surface area contributed by atoms with Crippen LogP contribution in [0, 0.1) is 0 Å². The van der Waals surface area contributed by atoms with Gasteiger partial charge in [0.15, 0.2) is 5.82 Å². The summed E-state index contributed by atoms with van der Waals surface area (Å²) in [5, 5.41) is 3.36. The van der Waals surface area contributed by atoms with Gasteiger partial charge >= 0.3 is 0 Å². The number of H-pyrrole nitrogens is 1. The van der Waals surface area contributed by atoms with Gasteiger partial charge in [-0.25, -0.2) is 4.98 Å². The van der Waals surface area contributed by atoms with Gasteiger partial charge < -0.3 is 15.2 Å². The molecule has 2 N–H and O–H groups in total. The van der Waals surface area contributed by atoms with Crippen molar-refractivity contribution in [1.29, 1.82) is 0 Å². The summed E-state index contributed by atoms with van der Waals surface area (Å²) < 4.78 is 0. The maximum atomic E-state index is 11.3. The second kappa shape index (κ2) is 4.84. The number of nitrogens with one attached hydrogen (secondary N) is 2. The van der Waals surface area contributed by atoms with Crippen LogP contribution < -0.4 is 10.9 Å². The number of hydrogen-bond donors (Lipinski definition) is 2. The molecule has 0 saturated carbocycles. The van der Waals surface area contributed by atoms with Gasteiger partial charge in [0.1, 0.15) is 5.02 Å². The molecule has 6 heteroatoms. The molecule has 88 valence electrons. The Morgan fingerprint density at radius 1 is 1.56 bits per heavy atom. The molecule has 1 aliphatic heterocycles. The van der Waals surface area contributed by atoms with Gasteiger partial charge in [0.25, 0.3) is 5.56 Å². The molecule has 16 heavy (non-hydrogen) atoms. The molecule has 0 unspecified atom stereocenters. The van der Waals surface area contributed by atoms with E-state index >= 15 is 0 Å². The summed E-state index contributed by atoms with van der Waals surface area (Å²) in [6.45, 7) is 2.11. The third-order valence-corrected chi connectivity index (χ3v) is 3.21. The second-order valence-electron chi connectivity index (χ2n) is 4.12. The van der Waals surface area contributed by atoms with E-state index in [9.17, 15) is 4.79 Å². The predicted molar refractivity (Wildman–Crippen MR) is 64.0 cm³/mol. The molecule has 1 saturated heterocycles.